The predicted octanol–water partition coefficient (Wildman–Crippen LogP) is 5.24. The first kappa shape index (κ1) is 19.3. The van der Waals surface area contributed by atoms with Gasteiger partial charge in [0.05, 0.1) is 17.7 Å². The highest BCUT2D eigenvalue weighted by Crippen LogP contribution is 2.28. The number of methoxy groups -OCH3 is 1. The smallest absolute Gasteiger partial charge is 0.293 e. The molecular formula is C21H15N3O5S. The number of rotatable bonds is 6. The summed E-state index contributed by atoms with van der Waals surface area (Å²) in [6.07, 6.45) is 0. The van der Waals surface area contributed by atoms with E-state index >= 15 is 0 Å². The summed E-state index contributed by atoms with van der Waals surface area (Å²) >= 11 is 1.29. The van der Waals surface area contributed by atoms with Crippen molar-refractivity contribution in [2.24, 2.45) is 0 Å². The van der Waals surface area contributed by atoms with Gasteiger partial charge in [0.25, 0.3) is 11.6 Å². The van der Waals surface area contributed by atoms with E-state index in [0.717, 1.165) is 17.0 Å². The van der Waals surface area contributed by atoms with Gasteiger partial charge in [-0.15, -0.1) is 11.3 Å². The number of ether oxygens (including phenoxy) is 1. The lowest BCUT2D eigenvalue weighted by Gasteiger charge is -2.01. The molecule has 1 N–H and O–H groups in total. The fraction of sp³-hybridized carbons (Fsp3) is 0.0476. The first-order chi connectivity index (χ1) is 14.5. The van der Waals surface area contributed by atoms with E-state index in [2.05, 4.69) is 10.3 Å². The van der Waals surface area contributed by atoms with Gasteiger partial charge < -0.3 is 9.15 Å². The van der Waals surface area contributed by atoms with Crippen molar-refractivity contribution in [1.82, 2.24) is 4.98 Å². The molecule has 0 aliphatic rings. The number of carbonyl (C=O) groups is 1. The van der Waals surface area contributed by atoms with Crippen LogP contribution in [0.1, 0.15) is 10.6 Å². The maximum Gasteiger partial charge on any atom is 0.293 e. The molecule has 2 heterocycles. The predicted molar refractivity (Wildman–Crippen MR) is 113 cm³/mol. The van der Waals surface area contributed by atoms with Crippen LogP contribution in [-0.4, -0.2) is 22.9 Å². The second-order valence-electron chi connectivity index (χ2n) is 6.19. The van der Waals surface area contributed by atoms with Gasteiger partial charge in [-0.3, -0.25) is 20.2 Å². The highest BCUT2D eigenvalue weighted by atomic mass is 32.1. The second kappa shape index (κ2) is 8.18. The molecule has 2 aromatic carbocycles. The van der Waals surface area contributed by atoms with Gasteiger partial charge in [0.1, 0.15) is 11.5 Å². The van der Waals surface area contributed by atoms with Gasteiger partial charge in [-0.25, -0.2) is 4.98 Å². The standard InChI is InChI=1S/C21H15N3O5S/c1-28-16-7-5-13(6-8-16)17-12-30-21(22-17)23-20(25)19-10-9-18(29-19)14-3-2-4-15(11-14)24(26)27/h2-12H,1H3,(H,22,23,25). The van der Waals surface area contributed by atoms with Crippen LogP contribution >= 0.6 is 11.3 Å². The molecule has 0 aliphatic carbocycles. The van der Waals surface area contributed by atoms with Crippen molar-refractivity contribution in [2.45, 2.75) is 0 Å². The average Bonchev–Trinajstić information content (AvgIpc) is 3.44. The average molecular weight is 421 g/mol. The van der Waals surface area contributed by atoms with Crippen molar-refractivity contribution >= 4 is 28.1 Å². The summed E-state index contributed by atoms with van der Waals surface area (Å²) < 4.78 is 10.7. The normalized spacial score (nSPS) is 10.6. The Balaban J connectivity index is 1.48. The number of nitro benzene ring substituents is 1. The lowest BCUT2D eigenvalue weighted by atomic mass is 10.1. The van der Waals surface area contributed by atoms with Crippen LogP contribution in [0.3, 0.4) is 0 Å². The number of thiazole rings is 1. The fourth-order valence-electron chi connectivity index (χ4n) is 2.77. The van der Waals surface area contributed by atoms with E-state index < -0.39 is 10.8 Å². The number of hydrogen-bond acceptors (Lipinski definition) is 7. The molecule has 4 rings (SSSR count). The molecule has 0 saturated heterocycles. The molecule has 1 amide bonds. The Kier molecular flexibility index (Phi) is 5.27. The molecule has 0 fully saturated rings. The molecule has 0 atom stereocenters. The first-order valence-electron chi connectivity index (χ1n) is 8.79. The third-order valence-corrected chi connectivity index (χ3v) is 5.04. The zero-order chi connectivity index (χ0) is 21.1. The Morgan fingerprint density at radius 2 is 1.93 bits per heavy atom. The van der Waals surface area contributed by atoms with Gasteiger partial charge >= 0.3 is 0 Å². The summed E-state index contributed by atoms with van der Waals surface area (Å²) in [5.74, 6) is 0.738. The Bertz CT molecular complexity index is 1210. The van der Waals surface area contributed by atoms with Crippen molar-refractivity contribution in [2.75, 3.05) is 12.4 Å². The highest BCUT2D eigenvalue weighted by molar-refractivity contribution is 7.14. The molecular weight excluding hydrogens is 406 g/mol. The quantitative estimate of drug-likeness (QED) is 0.337. The third kappa shape index (κ3) is 4.06. The van der Waals surface area contributed by atoms with Crippen molar-refractivity contribution in [1.29, 1.82) is 0 Å². The number of benzene rings is 2. The number of aromatic nitrogens is 1. The zero-order valence-corrected chi connectivity index (χ0v) is 16.5. The number of amides is 1. The monoisotopic (exact) mass is 421 g/mol. The van der Waals surface area contributed by atoms with E-state index in [1.54, 1.807) is 25.3 Å². The molecule has 9 heteroatoms. The largest absolute Gasteiger partial charge is 0.497 e. The van der Waals surface area contributed by atoms with Gasteiger partial charge in [0.2, 0.25) is 0 Å². The summed E-state index contributed by atoms with van der Waals surface area (Å²) in [6, 6.07) is 16.6. The van der Waals surface area contributed by atoms with Gasteiger partial charge in [0.15, 0.2) is 10.9 Å². The van der Waals surface area contributed by atoms with E-state index in [0.29, 0.717) is 16.5 Å². The number of anilines is 1. The van der Waals surface area contributed by atoms with Gasteiger partial charge in [-0.05, 0) is 36.4 Å². The maximum absolute atomic E-state index is 12.5. The van der Waals surface area contributed by atoms with Gasteiger partial charge in [-0.1, -0.05) is 12.1 Å². The second-order valence-corrected chi connectivity index (χ2v) is 7.05. The number of nitrogens with zero attached hydrogens (tertiary/aromatic N) is 2. The number of carbonyl (C=O) groups excluding carboxylic acids is 1. The zero-order valence-electron chi connectivity index (χ0n) is 15.7. The summed E-state index contributed by atoms with van der Waals surface area (Å²) in [6.45, 7) is 0. The molecule has 0 bridgehead atoms. The van der Waals surface area contributed by atoms with Crippen molar-refractivity contribution in [3.8, 4) is 28.3 Å². The molecule has 0 unspecified atom stereocenters. The van der Waals surface area contributed by atoms with Crippen molar-refractivity contribution in [3.05, 3.63) is 81.9 Å². The number of non-ortho nitro benzene ring substituents is 1. The number of nitrogens with one attached hydrogen (secondary N) is 1. The summed E-state index contributed by atoms with van der Waals surface area (Å²) in [5.41, 5.74) is 2.09. The third-order valence-electron chi connectivity index (χ3n) is 4.28. The summed E-state index contributed by atoms with van der Waals surface area (Å²) in [4.78, 5) is 27.4. The van der Waals surface area contributed by atoms with Crippen LogP contribution in [0.2, 0.25) is 0 Å². The number of hydrogen-bond donors (Lipinski definition) is 1. The van der Waals surface area contributed by atoms with Crippen LogP contribution < -0.4 is 10.1 Å². The Morgan fingerprint density at radius 1 is 1.13 bits per heavy atom. The van der Waals surface area contributed by atoms with E-state index in [1.807, 2.05) is 29.6 Å². The molecule has 0 spiro atoms. The lowest BCUT2D eigenvalue weighted by molar-refractivity contribution is -0.384. The minimum absolute atomic E-state index is 0.0521. The van der Waals surface area contributed by atoms with Crippen molar-refractivity contribution in [3.63, 3.8) is 0 Å². The molecule has 0 aliphatic heterocycles. The van der Waals surface area contributed by atoms with Crippen LogP contribution in [-0.2, 0) is 0 Å². The van der Waals surface area contributed by atoms with Crippen LogP contribution in [0, 0.1) is 10.1 Å². The molecule has 150 valence electrons. The van der Waals surface area contributed by atoms with E-state index in [4.69, 9.17) is 9.15 Å². The lowest BCUT2D eigenvalue weighted by Crippen LogP contribution is -2.10. The molecule has 0 radical (unpaired) electrons. The summed E-state index contributed by atoms with van der Waals surface area (Å²) in [5, 5.41) is 15.9. The SMILES string of the molecule is COc1ccc(-c2csc(NC(=O)c3ccc(-c4cccc([N+](=O)[O-])c4)o3)n2)cc1. The molecule has 2 aromatic heterocycles. The molecule has 4 aromatic rings. The molecule has 0 saturated carbocycles. The fourth-order valence-corrected chi connectivity index (χ4v) is 3.49. The first-order valence-corrected chi connectivity index (χ1v) is 9.67. The maximum atomic E-state index is 12.5. The topological polar surface area (TPSA) is 108 Å². The van der Waals surface area contributed by atoms with E-state index in [9.17, 15) is 14.9 Å². The summed E-state index contributed by atoms with van der Waals surface area (Å²) in [7, 11) is 1.60. The minimum Gasteiger partial charge on any atom is -0.497 e. The molecule has 8 nitrogen and oxygen atoms in total. The minimum atomic E-state index is -0.483. The Hall–Kier alpha value is -3.98. The van der Waals surface area contributed by atoms with Crippen LogP contribution in [0.25, 0.3) is 22.6 Å². The van der Waals surface area contributed by atoms with Crippen LogP contribution in [0.4, 0.5) is 10.8 Å². The van der Waals surface area contributed by atoms with E-state index in [-0.39, 0.29) is 11.4 Å². The van der Waals surface area contributed by atoms with E-state index in [1.165, 1.54) is 29.5 Å². The number of nitro groups is 1. The van der Waals surface area contributed by atoms with Crippen molar-refractivity contribution < 1.29 is 18.9 Å². The molecule has 30 heavy (non-hydrogen) atoms. The Labute approximate surface area is 174 Å². The Morgan fingerprint density at radius 3 is 2.67 bits per heavy atom. The van der Waals surface area contributed by atoms with Crippen LogP contribution in [0.5, 0.6) is 5.75 Å². The van der Waals surface area contributed by atoms with Gasteiger partial charge in [-0.2, -0.15) is 0 Å². The highest BCUT2D eigenvalue weighted by Gasteiger charge is 2.16. The van der Waals surface area contributed by atoms with Crippen LogP contribution in [0.15, 0.2) is 70.5 Å². The number of furan rings is 1. The van der Waals surface area contributed by atoms with Gasteiger partial charge in [0, 0.05) is 28.6 Å².